The molecule has 1 fully saturated rings. The van der Waals surface area contributed by atoms with Gasteiger partial charge in [0, 0.05) is 12.5 Å². The highest BCUT2D eigenvalue weighted by Gasteiger charge is 2.30. The molecule has 2 N–H and O–H groups in total. The molecule has 0 saturated heterocycles. The Morgan fingerprint density at radius 1 is 1.39 bits per heavy atom. The summed E-state index contributed by atoms with van der Waals surface area (Å²) in [4.78, 5) is 22.9. The molecule has 1 aromatic rings. The minimum Gasteiger partial charge on any atom is -0.481 e. The summed E-state index contributed by atoms with van der Waals surface area (Å²) in [5.74, 6) is -1.27. The highest BCUT2D eigenvalue weighted by atomic mass is 32.1. The molecule has 1 heterocycles. The summed E-state index contributed by atoms with van der Waals surface area (Å²) in [6.45, 7) is 0.538. The highest BCUT2D eigenvalue weighted by Crippen LogP contribution is 2.29. The number of aliphatic carboxylic acids is 1. The lowest BCUT2D eigenvalue weighted by molar-refractivity contribution is -0.144. The Hall–Kier alpha value is -1.36. The molecular formula is C13H17NO3S. The Morgan fingerprint density at radius 2 is 2.17 bits per heavy atom. The Morgan fingerprint density at radius 3 is 2.83 bits per heavy atom. The monoisotopic (exact) mass is 267 g/mol. The van der Waals surface area contributed by atoms with Gasteiger partial charge in [-0.1, -0.05) is 6.42 Å². The molecule has 1 aromatic heterocycles. The first-order valence-corrected chi connectivity index (χ1v) is 7.12. The molecule has 1 saturated carbocycles. The fourth-order valence-electron chi connectivity index (χ4n) is 2.38. The third-order valence-corrected chi connectivity index (χ3v) is 4.17. The molecule has 0 aromatic carbocycles. The van der Waals surface area contributed by atoms with Gasteiger partial charge in [-0.25, -0.2) is 0 Å². The van der Waals surface area contributed by atoms with Crippen LogP contribution in [-0.4, -0.2) is 17.0 Å². The summed E-state index contributed by atoms with van der Waals surface area (Å²) in [7, 11) is 0. The lowest BCUT2D eigenvalue weighted by Crippen LogP contribution is -2.35. The van der Waals surface area contributed by atoms with Crippen molar-refractivity contribution in [1.82, 2.24) is 5.32 Å². The smallest absolute Gasteiger partial charge is 0.306 e. The van der Waals surface area contributed by atoms with E-state index in [4.69, 9.17) is 5.11 Å². The molecule has 18 heavy (non-hydrogen) atoms. The van der Waals surface area contributed by atoms with E-state index in [0.717, 1.165) is 18.4 Å². The molecule has 1 amide bonds. The van der Waals surface area contributed by atoms with Crippen molar-refractivity contribution in [1.29, 1.82) is 0 Å². The van der Waals surface area contributed by atoms with Crippen molar-refractivity contribution in [3.8, 4) is 0 Å². The second kappa shape index (κ2) is 6.00. The first-order valence-electron chi connectivity index (χ1n) is 6.18. The number of carboxylic acid groups (broad SMARTS) is 1. The predicted molar refractivity (Wildman–Crippen MR) is 69.2 cm³/mol. The number of hydrogen-bond donors (Lipinski definition) is 2. The van der Waals surface area contributed by atoms with Gasteiger partial charge < -0.3 is 10.4 Å². The average molecular weight is 267 g/mol. The zero-order valence-electron chi connectivity index (χ0n) is 10.1. The van der Waals surface area contributed by atoms with Crippen molar-refractivity contribution in [2.24, 2.45) is 11.8 Å². The van der Waals surface area contributed by atoms with Crippen LogP contribution in [0.1, 0.15) is 31.2 Å². The Kier molecular flexibility index (Phi) is 4.36. The fraction of sp³-hybridized carbons (Fsp3) is 0.538. The minimum atomic E-state index is -0.773. The molecule has 0 unspecified atom stereocenters. The van der Waals surface area contributed by atoms with Crippen molar-refractivity contribution >= 4 is 23.2 Å². The second-order valence-electron chi connectivity index (χ2n) is 4.75. The van der Waals surface area contributed by atoms with Gasteiger partial charge in [-0.05, 0) is 41.7 Å². The Labute approximate surface area is 110 Å². The summed E-state index contributed by atoms with van der Waals surface area (Å²) in [5.41, 5.74) is 1.10. The Balaban J connectivity index is 1.83. The van der Waals surface area contributed by atoms with E-state index in [9.17, 15) is 9.59 Å². The van der Waals surface area contributed by atoms with Crippen LogP contribution < -0.4 is 5.32 Å². The van der Waals surface area contributed by atoms with Crippen molar-refractivity contribution < 1.29 is 14.7 Å². The fourth-order valence-corrected chi connectivity index (χ4v) is 3.05. The maximum atomic E-state index is 12.0. The number of carbonyl (C=O) groups excluding carboxylic acids is 1. The summed E-state index contributed by atoms with van der Waals surface area (Å²) in [5, 5.41) is 15.9. The molecule has 0 bridgehead atoms. The van der Waals surface area contributed by atoms with Gasteiger partial charge in [-0.3, -0.25) is 9.59 Å². The molecule has 2 rings (SSSR count). The van der Waals surface area contributed by atoms with Crippen molar-refractivity contribution in [2.75, 3.05) is 0 Å². The molecule has 1 aliphatic rings. The largest absolute Gasteiger partial charge is 0.481 e. The lowest BCUT2D eigenvalue weighted by Gasteiger charge is -2.25. The summed E-state index contributed by atoms with van der Waals surface area (Å²) in [6.07, 6.45) is 2.81. The van der Waals surface area contributed by atoms with Gasteiger partial charge >= 0.3 is 5.97 Å². The normalized spacial score (nSPS) is 23.6. The van der Waals surface area contributed by atoms with Crippen LogP contribution in [0.2, 0.25) is 0 Å². The SMILES string of the molecule is O=C(O)[C@H]1CCC[C@@H](C(=O)NCc2ccsc2)C1. The van der Waals surface area contributed by atoms with Crippen LogP contribution in [-0.2, 0) is 16.1 Å². The van der Waals surface area contributed by atoms with E-state index in [1.165, 1.54) is 0 Å². The van der Waals surface area contributed by atoms with Gasteiger partial charge in [-0.2, -0.15) is 11.3 Å². The van der Waals surface area contributed by atoms with E-state index in [0.29, 0.717) is 19.4 Å². The van der Waals surface area contributed by atoms with Crippen LogP contribution in [0.3, 0.4) is 0 Å². The van der Waals surface area contributed by atoms with Gasteiger partial charge in [-0.15, -0.1) is 0 Å². The molecule has 0 aliphatic heterocycles. The van der Waals surface area contributed by atoms with E-state index in [2.05, 4.69) is 5.32 Å². The molecule has 98 valence electrons. The summed E-state index contributed by atoms with van der Waals surface area (Å²) in [6, 6.07) is 1.98. The number of rotatable bonds is 4. The van der Waals surface area contributed by atoms with Gasteiger partial charge in [0.05, 0.1) is 5.92 Å². The maximum Gasteiger partial charge on any atom is 0.306 e. The van der Waals surface area contributed by atoms with Crippen molar-refractivity contribution in [3.05, 3.63) is 22.4 Å². The van der Waals surface area contributed by atoms with Gasteiger partial charge in [0.1, 0.15) is 0 Å². The third kappa shape index (κ3) is 3.32. The minimum absolute atomic E-state index is 0.00727. The van der Waals surface area contributed by atoms with E-state index in [1.54, 1.807) is 11.3 Å². The first-order chi connectivity index (χ1) is 8.66. The van der Waals surface area contributed by atoms with E-state index in [1.807, 2.05) is 16.8 Å². The zero-order chi connectivity index (χ0) is 13.0. The predicted octanol–water partition coefficient (Wildman–Crippen LogP) is 2.26. The van der Waals surface area contributed by atoms with Crippen LogP contribution in [0.25, 0.3) is 0 Å². The second-order valence-corrected chi connectivity index (χ2v) is 5.53. The zero-order valence-corrected chi connectivity index (χ0v) is 10.9. The van der Waals surface area contributed by atoms with Crippen LogP contribution >= 0.6 is 11.3 Å². The van der Waals surface area contributed by atoms with E-state index >= 15 is 0 Å². The van der Waals surface area contributed by atoms with Crippen LogP contribution in [0, 0.1) is 11.8 Å². The maximum absolute atomic E-state index is 12.0. The molecule has 0 radical (unpaired) electrons. The lowest BCUT2D eigenvalue weighted by atomic mass is 9.81. The molecule has 4 nitrogen and oxygen atoms in total. The molecule has 1 aliphatic carbocycles. The van der Waals surface area contributed by atoms with Crippen molar-refractivity contribution in [3.63, 3.8) is 0 Å². The number of hydrogen-bond acceptors (Lipinski definition) is 3. The van der Waals surface area contributed by atoms with Crippen LogP contribution in [0.15, 0.2) is 16.8 Å². The highest BCUT2D eigenvalue weighted by molar-refractivity contribution is 7.07. The van der Waals surface area contributed by atoms with Gasteiger partial charge in [0.15, 0.2) is 0 Å². The van der Waals surface area contributed by atoms with Gasteiger partial charge in [0.2, 0.25) is 5.91 Å². The number of amides is 1. The standard InChI is InChI=1S/C13H17NO3S/c15-12(14-7-9-4-5-18-8-9)10-2-1-3-11(6-10)13(16)17/h4-5,8,10-11H,1-3,6-7H2,(H,14,15)(H,16,17)/t10-,11+/m1/s1. The molecule has 2 atom stereocenters. The quantitative estimate of drug-likeness (QED) is 0.879. The number of thiophene rings is 1. The molecule has 0 spiro atoms. The number of carboxylic acids is 1. The Bertz CT molecular complexity index is 416. The number of nitrogens with one attached hydrogen (secondary N) is 1. The van der Waals surface area contributed by atoms with Gasteiger partial charge in [0.25, 0.3) is 0 Å². The van der Waals surface area contributed by atoms with E-state index < -0.39 is 5.97 Å². The number of carbonyl (C=O) groups is 2. The summed E-state index contributed by atoms with van der Waals surface area (Å²) >= 11 is 1.60. The summed E-state index contributed by atoms with van der Waals surface area (Å²) < 4.78 is 0. The van der Waals surface area contributed by atoms with Crippen LogP contribution in [0.5, 0.6) is 0 Å². The van der Waals surface area contributed by atoms with E-state index in [-0.39, 0.29) is 17.7 Å². The molecular weight excluding hydrogens is 250 g/mol. The average Bonchev–Trinajstić information content (AvgIpc) is 2.89. The van der Waals surface area contributed by atoms with Crippen molar-refractivity contribution in [2.45, 2.75) is 32.2 Å². The third-order valence-electron chi connectivity index (χ3n) is 3.44. The van der Waals surface area contributed by atoms with Crippen LogP contribution in [0.4, 0.5) is 0 Å². The first kappa shape index (κ1) is 13.1. The molecule has 5 heteroatoms. The topological polar surface area (TPSA) is 66.4 Å².